The fourth-order valence-corrected chi connectivity index (χ4v) is 3.64. The second-order valence-electron chi connectivity index (χ2n) is 5.61. The molecular weight excluding hydrogens is 232 g/mol. The van der Waals surface area contributed by atoms with Crippen LogP contribution in [0.4, 0.5) is 0 Å². The SMILES string of the molecule is CC12C(=O)OC(=O)C1(C)C1OC2c2ccccc21. The van der Waals surface area contributed by atoms with Gasteiger partial charge in [-0.15, -0.1) is 0 Å². The Morgan fingerprint density at radius 2 is 1.39 bits per heavy atom. The van der Waals surface area contributed by atoms with Gasteiger partial charge in [0.1, 0.15) is 23.0 Å². The summed E-state index contributed by atoms with van der Waals surface area (Å²) in [5.74, 6) is -0.922. The van der Waals surface area contributed by atoms with Gasteiger partial charge in [-0.2, -0.15) is 0 Å². The number of rotatable bonds is 0. The molecular formula is C14H12O4. The largest absolute Gasteiger partial charge is 0.392 e. The van der Waals surface area contributed by atoms with E-state index in [1.807, 2.05) is 24.3 Å². The van der Waals surface area contributed by atoms with Crippen molar-refractivity contribution in [3.05, 3.63) is 35.4 Å². The smallest absolute Gasteiger partial charge is 0.323 e. The molecule has 0 aliphatic carbocycles. The maximum Gasteiger partial charge on any atom is 0.323 e. The van der Waals surface area contributed by atoms with Crippen LogP contribution in [0.25, 0.3) is 0 Å². The van der Waals surface area contributed by atoms with Crippen molar-refractivity contribution in [2.75, 3.05) is 0 Å². The number of fused-ring (bicyclic) bond motifs is 8. The van der Waals surface area contributed by atoms with Crippen molar-refractivity contribution in [2.24, 2.45) is 10.8 Å². The van der Waals surface area contributed by atoms with Gasteiger partial charge in [0, 0.05) is 0 Å². The predicted octanol–water partition coefficient (Wildman–Crippen LogP) is 1.91. The van der Waals surface area contributed by atoms with Crippen molar-refractivity contribution in [1.29, 1.82) is 0 Å². The minimum Gasteiger partial charge on any atom is -0.392 e. The van der Waals surface area contributed by atoms with Crippen molar-refractivity contribution in [2.45, 2.75) is 26.1 Å². The zero-order valence-corrected chi connectivity index (χ0v) is 10.1. The van der Waals surface area contributed by atoms with Crippen LogP contribution in [0.5, 0.6) is 0 Å². The van der Waals surface area contributed by atoms with Crippen LogP contribution in [-0.2, 0) is 19.1 Å². The van der Waals surface area contributed by atoms with Gasteiger partial charge in [0.25, 0.3) is 0 Å². The molecule has 0 aromatic heterocycles. The molecule has 2 fully saturated rings. The van der Waals surface area contributed by atoms with Crippen molar-refractivity contribution < 1.29 is 19.1 Å². The molecule has 0 spiro atoms. The molecule has 4 rings (SSSR count). The van der Waals surface area contributed by atoms with E-state index in [1.54, 1.807) is 13.8 Å². The second-order valence-corrected chi connectivity index (χ2v) is 5.61. The highest BCUT2D eigenvalue weighted by atomic mass is 16.6. The maximum absolute atomic E-state index is 12.1. The lowest BCUT2D eigenvalue weighted by Gasteiger charge is -2.35. The zero-order valence-electron chi connectivity index (χ0n) is 10.1. The van der Waals surface area contributed by atoms with Gasteiger partial charge < -0.3 is 9.47 Å². The van der Waals surface area contributed by atoms with E-state index in [1.165, 1.54) is 0 Å². The number of hydrogen-bond donors (Lipinski definition) is 0. The highest BCUT2D eigenvalue weighted by Gasteiger charge is 2.78. The summed E-state index contributed by atoms with van der Waals surface area (Å²) >= 11 is 0. The summed E-state index contributed by atoms with van der Waals surface area (Å²) in [4.78, 5) is 24.1. The average Bonchev–Trinajstić information content (AvgIpc) is 2.91. The van der Waals surface area contributed by atoms with E-state index in [2.05, 4.69) is 0 Å². The molecule has 3 heterocycles. The van der Waals surface area contributed by atoms with Crippen LogP contribution in [0.2, 0.25) is 0 Å². The van der Waals surface area contributed by atoms with Crippen LogP contribution >= 0.6 is 0 Å². The van der Waals surface area contributed by atoms with Crippen molar-refractivity contribution in [3.63, 3.8) is 0 Å². The van der Waals surface area contributed by atoms with Crippen LogP contribution in [0, 0.1) is 10.8 Å². The average molecular weight is 244 g/mol. The summed E-state index contributed by atoms with van der Waals surface area (Å²) in [6.07, 6.45) is -0.745. The van der Waals surface area contributed by atoms with Gasteiger partial charge in [-0.3, -0.25) is 9.59 Å². The van der Waals surface area contributed by atoms with Crippen molar-refractivity contribution in [1.82, 2.24) is 0 Å². The van der Waals surface area contributed by atoms with Gasteiger partial charge in [-0.25, -0.2) is 0 Å². The van der Waals surface area contributed by atoms with E-state index in [0.29, 0.717) is 0 Å². The Bertz CT molecular complexity index is 557. The number of benzene rings is 1. The van der Waals surface area contributed by atoms with Crippen LogP contribution in [-0.4, -0.2) is 11.9 Å². The zero-order chi connectivity index (χ0) is 12.7. The fourth-order valence-electron chi connectivity index (χ4n) is 3.64. The number of esters is 2. The summed E-state index contributed by atoms with van der Waals surface area (Å²) < 4.78 is 10.8. The lowest BCUT2D eigenvalue weighted by molar-refractivity contribution is -0.160. The monoisotopic (exact) mass is 244 g/mol. The Balaban J connectivity index is 2.04. The Labute approximate surface area is 104 Å². The van der Waals surface area contributed by atoms with E-state index in [9.17, 15) is 9.59 Å². The Morgan fingerprint density at radius 1 is 0.944 bits per heavy atom. The highest BCUT2D eigenvalue weighted by molar-refractivity contribution is 6.03. The molecule has 3 aliphatic rings. The first kappa shape index (κ1) is 10.3. The second kappa shape index (κ2) is 2.67. The normalized spacial score (nSPS) is 43.9. The summed E-state index contributed by atoms with van der Waals surface area (Å²) in [7, 11) is 0. The predicted molar refractivity (Wildman–Crippen MR) is 60.3 cm³/mol. The van der Waals surface area contributed by atoms with Crippen LogP contribution < -0.4 is 0 Å². The minimum absolute atomic E-state index is 0.373. The number of hydrogen-bond acceptors (Lipinski definition) is 4. The van der Waals surface area contributed by atoms with Crippen LogP contribution in [0.15, 0.2) is 24.3 Å². The molecule has 0 radical (unpaired) electrons. The lowest BCUT2D eigenvalue weighted by Crippen LogP contribution is -2.44. The van der Waals surface area contributed by atoms with Gasteiger partial charge >= 0.3 is 11.9 Å². The molecule has 1 aromatic rings. The molecule has 0 amide bonds. The molecule has 4 heteroatoms. The van der Waals surface area contributed by atoms with E-state index in [-0.39, 0.29) is 12.2 Å². The number of carbonyl (C=O) groups excluding carboxylic acids is 2. The van der Waals surface area contributed by atoms with Gasteiger partial charge in [-0.1, -0.05) is 24.3 Å². The molecule has 1 aromatic carbocycles. The lowest BCUT2D eigenvalue weighted by atomic mass is 9.58. The molecule has 92 valence electrons. The quantitative estimate of drug-likeness (QED) is 0.516. The molecule has 2 saturated heterocycles. The topological polar surface area (TPSA) is 52.6 Å². The first-order chi connectivity index (χ1) is 8.51. The first-order valence-electron chi connectivity index (χ1n) is 6.02. The maximum atomic E-state index is 12.1. The highest BCUT2D eigenvalue weighted by Crippen LogP contribution is 2.72. The number of carbonyl (C=O) groups is 2. The molecule has 2 bridgehead atoms. The van der Waals surface area contributed by atoms with Crippen molar-refractivity contribution in [3.8, 4) is 0 Å². The van der Waals surface area contributed by atoms with E-state index in [4.69, 9.17) is 9.47 Å². The summed E-state index contributed by atoms with van der Waals surface area (Å²) in [5, 5.41) is 0. The van der Waals surface area contributed by atoms with Gasteiger partial charge in [0.15, 0.2) is 0 Å². The number of ether oxygens (including phenoxy) is 2. The van der Waals surface area contributed by atoms with Gasteiger partial charge in [0.2, 0.25) is 0 Å². The molecule has 4 unspecified atom stereocenters. The van der Waals surface area contributed by atoms with E-state index < -0.39 is 22.8 Å². The Kier molecular flexibility index (Phi) is 1.52. The third kappa shape index (κ3) is 0.747. The molecule has 0 saturated carbocycles. The minimum atomic E-state index is -0.900. The molecule has 18 heavy (non-hydrogen) atoms. The van der Waals surface area contributed by atoms with E-state index in [0.717, 1.165) is 11.1 Å². The number of cyclic esters (lactones) is 2. The van der Waals surface area contributed by atoms with Crippen LogP contribution in [0.3, 0.4) is 0 Å². The molecule has 0 N–H and O–H groups in total. The van der Waals surface area contributed by atoms with Crippen LogP contribution in [0.1, 0.15) is 37.2 Å². The van der Waals surface area contributed by atoms with Crippen molar-refractivity contribution >= 4 is 11.9 Å². The Morgan fingerprint density at radius 3 is 1.83 bits per heavy atom. The third-order valence-electron chi connectivity index (χ3n) is 4.99. The summed E-state index contributed by atoms with van der Waals surface area (Å²) in [6.45, 7) is 3.56. The fraction of sp³-hybridized carbons (Fsp3) is 0.429. The third-order valence-corrected chi connectivity index (χ3v) is 4.99. The molecule has 4 atom stereocenters. The van der Waals surface area contributed by atoms with E-state index >= 15 is 0 Å². The Hall–Kier alpha value is -1.68. The first-order valence-corrected chi connectivity index (χ1v) is 6.02. The molecule has 3 aliphatic heterocycles. The van der Waals surface area contributed by atoms with Gasteiger partial charge in [0.05, 0.1) is 0 Å². The standard InChI is InChI=1S/C14H12O4/c1-13-9-7-5-3-4-6-8(7)10(17-9)14(13,2)12(16)18-11(13)15/h3-6,9-10H,1-2H3. The van der Waals surface area contributed by atoms with Gasteiger partial charge in [-0.05, 0) is 25.0 Å². The molecule has 4 nitrogen and oxygen atoms in total. The summed E-state index contributed by atoms with van der Waals surface area (Å²) in [6, 6.07) is 7.76. The summed E-state index contributed by atoms with van der Waals surface area (Å²) in [5.41, 5.74) is 0.218.